The van der Waals surface area contributed by atoms with Gasteiger partial charge < -0.3 is 9.47 Å². The van der Waals surface area contributed by atoms with Crippen LogP contribution < -0.4 is 0 Å². The number of hydrogen-bond donors (Lipinski definition) is 0. The first-order valence-corrected chi connectivity index (χ1v) is 8.10. The highest BCUT2D eigenvalue weighted by Gasteiger charge is 2.12. The summed E-state index contributed by atoms with van der Waals surface area (Å²) in [6.45, 7) is 7.01. The normalized spacial score (nSPS) is 12.3. The van der Waals surface area contributed by atoms with Crippen molar-refractivity contribution in [3.63, 3.8) is 0 Å². The maximum atomic E-state index is 11.6. The van der Waals surface area contributed by atoms with Crippen molar-refractivity contribution in [2.24, 2.45) is 5.92 Å². The van der Waals surface area contributed by atoms with Gasteiger partial charge in [0, 0.05) is 0 Å². The number of unbranched alkanes of at least 4 members (excludes halogenated alkanes) is 1. The second-order valence-electron chi connectivity index (χ2n) is 5.16. The smallest absolute Gasteiger partial charge is 0.306 e. The van der Waals surface area contributed by atoms with Gasteiger partial charge in [-0.3, -0.25) is 9.59 Å². The molecule has 0 aromatic rings. The minimum atomic E-state index is -0.356. The molecule has 1 atom stereocenters. The Morgan fingerprint density at radius 3 is 2.24 bits per heavy atom. The van der Waals surface area contributed by atoms with E-state index < -0.39 is 0 Å². The van der Waals surface area contributed by atoms with Gasteiger partial charge in [0.2, 0.25) is 0 Å². The molecule has 0 spiro atoms. The fourth-order valence-electron chi connectivity index (χ4n) is 1.83. The minimum Gasteiger partial charge on any atom is -0.465 e. The molecular weight excluding hydrogens is 268 g/mol. The molecule has 1 unspecified atom stereocenters. The molecule has 122 valence electrons. The van der Waals surface area contributed by atoms with Crippen LogP contribution in [0.2, 0.25) is 0 Å². The summed E-state index contributed by atoms with van der Waals surface area (Å²) in [5.74, 6) is -0.239. The maximum absolute atomic E-state index is 11.6. The molecule has 4 nitrogen and oxygen atoms in total. The van der Waals surface area contributed by atoms with Crippen molar-refractivity contribution < 1.29 is 19.1 Å². The minimum absolute atomic E-state index is 0.0878. The molecule has 0 bridgehead atoms. The van der Waals surface area contributed by atoms with E-state index >= 15 is 0 Å². The maximum Gasteiger partial charge on any atom is 0.306 e. The van der Waals surface area contributed by atoms with Crippen LogP contribution in [0.5, 0.6) is 0 Å². The van der Waals surface area contributed by atoms with Gasteiger partial charge in [-0.15, -0.1) is 0 Å². The Morgan fingerprint density at radius 1 is 1.00 bits per heavy atom. The van der Waals surface area contributed by atoms with Gasteiger partial charge in [0.25, 0.3) is 0 Å². The third-order valence-electron chi connectivity index (χ3n) is 3.30. The third-order valence-corrected chi connectivity index (χ3v) is 3.30. The highest BCUT2D eigenvalue weighted by Crippen LogP contribution is 2.13. The molecule has 0 rings (SSSR count). The quantitative estimate of drug-likeness (QED) is 0.403. The summed E-state index contributed by atoms with van der Waals surface area (Å²) in [5.41, 5.74) is 0. The molecule has 0 fully saturated rings. The summed E-state index contributed by atoms with van der Waals surface area (Å²) in [6, 6.07) is 0. The van der Waals surface area contributed by atoms with Crippen LogP contribution in [-0.4, -0.2) is 25.2 Å². The highest BCUT2D eigenvalue weighted by atomic mass is 16.5. The first-order chi connectivity index (χ1) is 10.1. The SMILES string of the molecule is CC/C=C\COC(=O)CCC(=O)OCC(CC)CCCC. The molecule has 0 saturated heterocycles. The van der Waals surface area contributed by atoms with E-state index in [9.17, 15) is 9.59 Å². The number of hydrogen-bond acceptors (Lipinski definition) is 4. The summed E-state index contributed by atoms with van der Waals surface area (Å²) in [5, 5.41) is 0. The topological polar surface area (TPSA) is 52.6 Å². The Kier molecular flexibility index (Phi) is 12.8. The Balaban J connectivity index is 3.73. The lowest BCUT2D eigenvalue weighted by molar-refractivity contribution is -0.150. The van der Waals surface area contributed by atoms with Gasteiger partial charge in [-0.05, 0) is 18.8 Å². The molecule has 0 aromatic carbocycles. The first kappa shape index (κ1) is 19.7. The summed E-state index contributed by atoms with van der Waals surface area (Å²) >= 11 is 0. The Hall–Kier alpha value is -1.32. The lowest BCUT2D eigenvalue weighted by atomic mass is 10.0. The van der Waals surface area contributed by atoms with Crippen molar-refractivity contribution in [3.8, 4) is 0 Å². The largest absolute Gasteiger partial charge is 0.465 e. The zero-order valence-corrected chi connectivity index (χ0v) is 13.7. The molecular formula is C17H30O4. The summed E-state index contributed by atoms with van der Waals surface area (Å²) in [4.78, 5) is 23.0. The van der Waals surface area contributed by atoms with Crippen LogP contribution in [-0.2, 0) is 19.1 Å². The van der Waals surface area contributed by atoms with Crippen molar-refractivity contribution in [2.75, 3.05) is 13.2 Å². The van der Waals surface area contributed by atoms with Crippen molar-refractivity contribution in [3.05, 3.63) is 12.2 Å². The zero-order valence-electron chi connectivity index (χ0n) is 13.7. The van der Waals surface area contributed by atoms with Crippen LogP contribution in [0.1, 0.15) is 65.7 Å². The monoisotopic (exact) mass is 298 g/mol. The van der Waals surface area contributed by atoms with E-state index in [1.54, 1.807) is 6.08 Å². The average Bonchev–Trinajstić information content (AvgIpc) is 2.49. The third kappa shape index (κ3) is 12.2. The average molecular weight is 298 g/mol. The fourth-order valence-corrected chi connectivity index (χ4v) is 1.83. The molecule has 0 N–H and O–H groups in total. The molecule has 0 aliphatic rings. The lowest BCUT2D eigenvalue weighted by Gasteiger charge is -2.14. The van der Waals surface area contributed by atoms with Crippen LogP contribution in [0.3, 0.4) is 0 Å². The van der Waals surface area contributed by atoms with Crippen molar-refractivity contribution in [1.29, 1.82) is 0 Å². The van der Waals surface area contributed by atoms with Gasteiger partial charge in [-0.1, -0.05) is 52.2 Å². The summed E-state index contributed by atoms with van der Waals surface area (Å²) < 4.78 is 10.2. The Bertz CT molecular complexity index is 310. The zero-order chi connectivity index (χ0) is 15.9. The van der Waals surface area contributed by atoms with Gasteiger partial charge in [0.05, 0.1) is 19.4 Å². The highest BCUT2D eigenvalue weighted by molar-refractivity contribution is 5.77. The molecule has 4 heteroatoms. The first-order valence-electron chi connectivity index (χ1n) is 8.10. The van der Waals surface area contributed by atoms with E-state index in [1.165, 1.54) is 0 Å². The van der Waals surface area contributed by atoms with Gasteiger partial charge >= 0.3 is 11.9 Å². The Morgan fingerprint density at radius 2 is 1.67 bits per heavy atom. The predicted octanol–water partition coefficient (Wildman–Crippen LogP) is 4.04. The standard InChI is InChI=1S/C17H30O4/c1-4-7-9-13-20-16(18)11-12-17(19)21-14-15(6-3)10-8-5-2/h7,9,15H,4-6,8,10-14H2,1-3H3/b9-7-. The molecule has 0 aliphatic heterocycles. The summed E-state index contributed by atoms with van der Waals surface area (Å²) in [7, 11) is 0. The van der Waals surface area contributed by atoms with Crippen molar-refractivity contribution in [2.45, 2.75) is 65.7 Å². The van der Waals surface area contributed by atoms with Crippen LogP contribution >= 0.6 is 0 Å². The van der Waals surface area contributed by atoms with E-state index in [0.29, 0.717) is 12.5 Å². The predicted molar refractivity (Wildman–Crippen MR) is 83.9 cm³/mol. The number of rotatable bonds is 12. The molecule has 21 heavy (non-hydrogen) atoms. The van der Waals surface area contributed by atoms with E-state index in [4.69, 9.17) is 9.47 Å². The lowest BCUT2D eigenvalue weighted by Crippen LogP contribution is -2.15. The van der Waals surface area contributed by atoms with Crippen LogP contribution in [0.25, 0.3) is 0 Å². The van der Waals surface area contributed by atoms with E-state index in [-0.39, 0.29) is 31.4 Å². The molecule has 0 amide bonds. The van der Waals surface area contributed by atoms with Crippen LogP contribution in [0, 0.1) is 5.92 Å². The van der Waals surface area contributed by atoms with Crippen molar-refractivity contribution in [1.82, 2.24) is 0 Å². The van der Waals surface area contributed by atoms with Crippen LogP contribution in [0.15, 0.2) is 12.2 Å². The Labute approximate surface area is 128 Å². The van der Waals surface area contributed by atoms with Gasteiger partial charge in [-0.25, -0.2) is 0 Å². The molecule has 0 heterocycles. The van der Waals surface area contributed by atoms with Gasteiger partial charge in [0.1, 0.15) is 6.61 Å². The molecule has 0 aromatic heterocycles. The van der Waals surface area contributed by atoms with E-state index in [1.807, 2.05) is 13.0 Å². The van der Waals surface area contributed by atoms with Crippen molar-refractivity contribution >= 4 is 11.9 Å². The van der Waals surface area contributed by atoms with E-state index in [2.05, 4.69) is 13.8 Å². The number of carbonyl (C=O) groups excluding carboxylic acids is 2. The van der Waals surface area contributed by atoms with Gasteiger partial charge in [-0.2, -0.15) is 0 Å². The number of esters is 2. The van der Waals surface area contributed by atoms with Crippen LogP contribution in [0.4, 0.5) is 0 Å². The fraction of sp³-hybridized carbons (Fsp3) is 0.765. The van der Waals surface area contributed by atoms with E-state index in [0.717, 1.165) is 32.1 Å². The molecule has 0 saturated carbocycles. The molecule has 0 aliphatic carbocycles. The number of ether oxygens (including phenoxy) is 2. The second kappa shape index (κ2) is 13.7. The van der Waals surface area contributed by atoms with Gasteiger partial charge in [0.15, 0.2) is 0 Å². The number of carbonyl (C=O) groups is 2. The second-order valence-corrected chi connectivity index (χ2v) is 5.16. The molecule has 0 radical (unpaired) electrons. The summed E-state index contributed by atoms with van der Waals surface area (Å²) in [6.07, 6.45) is 9.26. The number of allylic oxidation sites excluding steroid dienone is 1.